The van der Waals surface area contributed by atoms with Crippen molar-refractivity contribution in [1.29, 1.82) is 0 Å². The second-order valence-electron chi connectivity index (χ2n) is 10.4. The average Bonchev–Trinajstić information content (AvgIpc) is 2.80. The summed E-state index contributed by atoms with van der Waals surface area (Å²) in [4.78, 5) is 55.3. The molecule has 0 unspecified atom stereocenters. The normalized spacial score (nSPS) is 12.4. The Labute approximate surface area is 231 Å². The highest BCUT2D eigenvalue weighted by Crippen LogP contribution is 2.14. The highest BCUT2D eigenvalue weighted by Gasteiger charge is 2.32. The van der Waals surface area contributed by atoms with E-state index >= 15 is 0 Å². The van der Waals surface area contributed by atoms with E-state index in [0.29, 0.717) is 50.7 Å². The molecule has 4 N–H and O–H groups in total. The van der Waals surface area contributed by atoms with Crippen LogP contribution in [0.1, 0.15) is 60.8 Å². The third-order valence-electron chi connectivity index (χ3n) is 4.38. The number of amides is 4. The summed E-state index contributed by atoms with van der Waals surface area (Å²) >= 11 is 0. The maximum Gasteiger partial charge on any atom is 0.444 e. The maximum absolute atomic E-state index is 12.8. The van der Waals surface area contributed by atoms with Gasteiger partial charge in [-0.3, -0.25) is 14.4 Å². The van der Waals surface area contributed by atoms with E-state index in [-0.39, 0.29) is 26.4 Å². The Hall–Kier alpha value is -2.52. The molecule has 0 aromatic rings. The van der Waals surface area contributed by atoms with Crippen molar-refractivity contribution in [2.24, 2.45) is 5.73 Å². The first-order chi connectivity index (χ1) is 18.2. The van der Waals surface area contributed by atoms with Gasteiger partial charge in [-0.2, -0.15) is 0 Å². The Morgan fingerprint density at radius 2 is 1.38 bits per heavy atom. The fourth-order valence-corrected chi connectivity index (χ4v) is 2.75. The number of nitrogens with zero attached hydrogens (tertiary/aromatic N) is 1. The molecule has 14 heteroatoms. The lowest BCUT2D eigenvalue weighted by Gasteiger charge is -2.27. The van der Waals surface area contributed by atoms with Gasteiger partial charge in [0.05, 0.1) is 33.0 Å². The zero-order chi connectivity index (χ0) is 29.9. The molecule has 1 atom stereocenters. The molecule has 0 rings (SSSR count). The smallest absolute Gasteiger partial charge is 0.442 e. The van der Waals surface area contributed by atoms with Crippen LogP contribution in [0.4, 0.5) is 9.59 Å². The van der Waals surface area contributed by atoms with Gasteiger partial charge in [0.15, 0.2) is 0 Å². The van der Waals surface area contributed by atoms with Gasteiger partial charge >= 0.3 is 12.2 Å². The van der Waals surface area contributed by atoms with Crippen molar-refractivity contribution in [2.75, 3.05) is 59.8 Å². The van der Waals surface area contributed by atoms with Crippen LogP contribution in [0.5, 0.6) is 0 Å². The molecule has 4 amide bonds. The summed E-state index contributed by atoms with van der Waals surface area (Å²) in [6, 6.07) is -0.835. The molecule has 0 aliphatic carbocycles. The third-order valence-corrected chi connectivity index (χ3v) is 4.38. The Morgan fingerprint density at radius 1 is 0.821 bits per heavy atom. The van der Waals surface area contributed by atoms with Gasteiger partial charge in [-0.25, -0.2) is 9.59 Å². The first-order valence-electron chi connectivity index (χ1n) is 13.0. The summed E-state index contributed by atoms with van der Waals surface area (Å²) < 4.78 is 25.8. The largest absolute Gasteiger partial charge is 0.444 e. The molecule has 0 bridgehead atoms. The van der Waals surface area contributed by atoms with Crippen LogP contribution < -0.4 is 16.4 Å². The number of nitrogens with one attached hydrogen (secondary N) is 2. The number of hydroxylamine groups is 2. The number of nitrogens with two attached hydrogens (primary N) is 1. The standard InChI is InChI=1S/C25H48N4O10/c1-24(2,3)38-22(32)29(23(33)39-25(4,5)6)37-13-12-27-21(31)19(10-8-9-11-26)28-20(30)18-36-17-16-35-15-14-34-7/h19H,8-18,26H2,1-7H3,(H,27,31)(H,28,30)/t19-/m0/s1. The van der Waals surface area contributed by atoms with Crippen LogP contribution in [-0.2, 0) is 38.1 Å². The number of carbonyl (C=O) groups excluding carboxylic acids is 4. The molecular weight excluding hydrogens is 516 g/mol. The number of unbranched alkanes of at least 4 members (excludes halogenated alkanes) is 1. The molecule has 0 fully saturated rings. The van der Waals surface area contributed by atoms with Crippen LogP contribution in [0.2, 0.25) is 0 Å². The SMILES string of the molecule is COCCOCCOCC(=O)N[C@@H](CCCCN)C(=O)NCCON(C(=O)OC(C)(C)C)C(=O)OC(C)(C)C. The summed E-state index contributed by atoms with van der Waals surface area (Å²) in [5.41, 5.74) is 3.78. The van der Waals surface area contributed by atoms with Gasteiger partial charge in [-0.15, -0.1) is 0 Å². The predicted molar refractivity (Wildman–Crippen MR) is 142 cm³/mol. The minimum Gasteiger partial charge on any atom is -0.442 e. The second-order valence-corrected chi connectivity index (χ2v) is 10.4. The highest BCUT2D eigenvalue weighted by atomic mass is 16.8. The molecule has 0 aromatic carbocycles. The topological polar surface area (TPSA) is 177 Å². The van der Waals surface area contributed by atoms with Gasteiger partial charge in [0.2, 0.25) is 11.8 Å². The minimum atomic E-state index is -1.06. The summed E-state index contributed by atoms with van der Waals surface area (Å²) in [7, 11) is 1.57. The van der Waals surface area contributed by atoms with E-state index in [4.69, 9.17) is 34.3 Å². The quantitative estimate of drug-likeness (QED) is 0.162. The molecule has 0 saturated heterocycles. The van der Waals surface area contributed by atoms with Gasteiger partial charge in [0.25, 0.3) is 0 Å². The molecule has 0 aliphatic rings. The molecule has 0 radical (unpaired) electrons. The zero-order valence-electron chi connectivity index (χ0n) is 24.5. The number of ether oxygens (including phenoxy) is 5. The highest BCUT2D eigenvalue weighted by molar-refractivity contribution is 5.88. The molecule has 0 aromatic heterocycles. The average molecular weight is 565 g/mol. The molecule has 0 spiro atoms. The van der Waals surface area contributed by atoms with E-state index in [1.807, 2.05) is 0 Å². The summed E-state index contributed by atoms with van der Waals surface area (Å²) in [5, 5.41) is 5.65. The van der Waals surface area contributed by atoms with Crippen molar-refractivity contribution in [3.8, 4) is 0 Å². The Bertz CT molecular complexity index is 709. The first-order valence-corrected chi connectivity index (χ1v) is 13.0. The fourth-order valence-electron chi connectivity index (χ4n) is 2.75. The van der Waals surface area contributed by atoms with E-state index in [0.717, 1.165) is 0 Å². The van der Waals surface area contributed by atoms with Crippen LogP contribution >= 0.6 is 0 Å². The van der Waals surface area contributed by atoms with Crippen LogP contribution in [0.15, 0.2) is 0 Å². The molecule has 228 valence electrons. The first kappa shape index (κ1) is 36.5. The number of hydrogen-bond acceptors (Lipinski definition) is 11. The molecule has 0 aliphatic heterocycles. The lowest BCUT2D eigenvalue weighted by atomic mass is 10.1. The molecular formula is C25H48N4O10. The number of imide groups is 1. The van der Waals surface area contributed by atoms with Crippen molar-refractivity contribution in [3.63, 3.8) is 0 Å². The monoisotopic (exact) mass is 564 g/mol. The van der Waals surface area contributed by atoms with Crippen LogP contribution in [0.25, 0.3) is 0 Å². The molecule has 39 heavy (non-hydrogen) atoms. The number of methoxy groups -OCH3 is 1. The fraction of sp³-hybridized carbons (Fsp3) is 0.840. The molecule has 0 saturated carbocycles. The predicted octanol–water partition coefficient (Wildman–Crippen LogP) is 1.50. The van der Waals surface area contributed by atoms with Crippen molar-refractivity contribution in [2.45, 2.75) is 78.0 Å². The lowest BCUT2D eigenvalue weighted by Crippen LogP contribution is -2.49. The maximum atomic E-state index is 12.8. The zero-order valence-corrected chi connectivity index (χ0v) is 24.5. The van der Waals surface area contributed by atoms with E-state index in [2.05, 4.69) is 10.6 Å². The lowest BCUT2D eigenvalue weighted by molar-refractivity contribution is -0.140. The third kappa shape index (κ3) is 20.1. The van der Waals surface area contributed by atoms with Crippen LogP contribution in [0, 0.1) is 0 Å². The van der Waals surface area contributed by atoms with E-state index in [1.54, 1.807) is 48.7 Å². The van der Waals surface area contributed by atoms with Gasteiger partial charge in [0, 0.05) is 13.7 Å². The number of rotatable bonds is 18. The Balaban J connectivity index is 4.87. The van der Waals surface area contributed by atoms with Crippen molar-refractivity contribution >= 4 is 24.0 Å². The van der Waals surface area contributed by atoms with Gasteiger partial charge in [0.1, 0.15) is 23.9 Å². The Kier molecular flexibility index (Phi) is 18.3. The van der Waals surface area contributed by atoms with Gasteiger partial charge < -0.3 is 40.1 Å². The van der Waals surface area contributed by atoms with E-state index < -0.39 is 41.2 Å². The van der Waals surface area contributed by atoms with Crippen molar-refractivity contribution in [1.82, 2.24) is 15.7 Å². The summed E-state index contributed by atoms with van der Waals surface area (Å²) in [6.07, 6.45) is -0.459. The van der Waals surface area contributed by atoms with Crippen molar-refractivity contribution < 1.29 is 47.7 Å². The van der Waals surface area contributed by atoms with E-state index in [1.165, 1.54) is 0 Å². The molecule has 14 nitrogen and oxygen atoms in total. The minimum absolute atomic E-state index is 0.0699. The summed E-state index contributed by atoms with van der Waals surface area (Å²) in [5.74, 6) is -0.926. The van der Waals surface area contributed by atoms with Crippen LogP contribution in [0.3, 0.4) is 0 Å². The number of hydrogen-bond donors (Lipinski definition) is 3. The summed E-state index contributed by atoms with van der Waals surface area (Å²) in [6.45, 7) is 11.1. The van der Waals surface area contributed by atoms with Gasteiger partial charge in [-0.05, 0) is 67.3 Å². The van der Waals surface area contributed by atoms with E-state index in [9.17, 15) is 19.2 Å². The number of carbonyl (C=O) groups is 4. The van der Waals surface area contributed by atoms with Gasteiger partial charge in [-0.1, -0.05) is 5.06 Å². The van der Waals surface area contributed by atoms with Crippen molar-refractivity contribution in [3.05, 3.63) is 0 Å². The molecule has 0 heterocycles. The Morgan fingerprint density at radius 3 is 1.92 bits per heavy atom. The second kappa shape index (κ2) is 19.5. The van der Waals surface area contributed by atoms with Crippen LogP contribution in [-0.4, -0.2) is 106 Å².